The number of hydrogen-bond acceptors (Lipinski definition) is 2. The fraction of sp³-hybridized carbons (Fsp3) is 0.611. The second kappa shape index (κ2) is 5.80. The van der Waals surface area contributed by atoms with Crippen molar-refractivity contribution in [2.45, 2.75) is 71.5 Å². The third-order valence-corrected chi connectivity index (χ3v) is 4.98. The molecule has 1 N–H and O–H groups in total. The molecule has 3 atom stereocenters. The van der Waals surface area contributed by atoms with Gasteiger partial charge in [0.25, 0.3) is 0 Å². The van der Waals surface area contributed by atoms with Crippen molar-refractivity contribution in [3.8, 4) is 0 Å². The molecular weight excluding hydrogens is 258 g/mol. The summed E-state index contributed by atoms with van der Waals surface area (Å²) in [5.41, 5.74) is 3.54. The Kier molecular flexibility index (Phi) is 4.03. The van der Waals surface area contributed by atoms with Crippen LogP contribution in [0.25, 0.3) is 11.0 Å². The minimum absolute atomic E-state index is 0.406. The Morgan fingerprint density at radius 2 is 2.00 bits per heavy atom. The number of rotatable bonds is 3. The standard InChI is InChI=1S/C18H27N3/c1-5-17(21-13(3)7-6-8-14(21)4)18-19-15-10-9-12(2)11-16(15)20-18/h9-11,13-14,17H,5-8H2,1-4H3,(H,19,20). The third kappa shape index (κ3) is 2.71. The lowest BCUT2D eigenvalue weighted by atomic mass is 9.94. The number of nitrogens with zero attached hydrogens (tertiary/aromatic N) is 2. The average Bonchev–Trinajstić information content (AvgIpc) is 2.85. The average molecular weight is 285 g/mol. The smallest absolute Gasteiger partial charge is 0.124 e. The molecule has 2 aromatic rings. The Morgan fingerprint density at radius 1 is 1.29 bits per heavy atom. The van der Waals surface area contributed by atoms with Crippen LogP contribution in [0, 0.1) is 6.92 Å². The maximum absolute atomic E-state index is 4.87. The second-order valence-corrected chi connectivity index (χ2v) is 6.64. The van der Waals surface area contributed by atoms with E-state index in [1.807, 2.05) is 0 Å². The number of hydrogen-bond donors (Lipinski definition) is 1. The van der Waals surface area contributed by atoms with E-state index in [4.69, 9.17) is 4.98 Å². The fourth-order valence-corrected chi connectivity index (χ4v) is 3.90. The van der Waals surface area contributed by atoms with Gasteiger partial charge < -0.3 is 4.98 Å². The zero-order chi connectivity index (χ0) is 15.0. The van der Waals surface area contributed by atoms with Gasteiger partial charge in [-0.3, -0.25) is 4.90 Å². The lowest BCUT2D eigenvalue weighted by Crippen LogP contribution is -2.46. The number of aromatic amines is 1. The molecule has 1 aliphatic heterocycles. The van der Waals surface area contributed by atoms with Crippen molar-refractivity contribution in [3.05, 3.63) is 29.6 Å². The third-order valence-electron chi connectivity index (χ3n) is 4.98. The van der Waals surface area contributed by atoms with Crippen LogP contribution < -0.4 is 0 Å². The van der Waals surface area contributed by atoms with Crippen molar-refractivity contribution < 1.29 is 0 Å². The quantitative estimate of drug-likeness (QED) is 0.894. The van der Waals surface area contributed by atoms with Crippen molar-refractivity contribution in [1.82, 2.24) is 14.9 Å². The summed E-state index contributed by atoms with van der Waals surface area (Å²) >= 11 is 0. The summed E-state index contributed by atoms with van der Waals surface area (Å²) in [7, 11) is 0. The molecular formula is C18H27N3. The van der Waals surface area contributed by atoms with Crippen LogP contribution in [0.4, 0.5) is 0 Å². The molecule has 0 bridgehead atoms. The molecule has 3 heteroatoms. The highest BCUT2D eigenvalue weighted by Crippen LogP contribution is 2.34. The Bertz CT molecular complexity index is 606. The zero-order valence-electron chi connectivity index (χ0n) is 13.7. The van der Waals surface area contributed by atoms with Crippen molar-refractivity contribution in [1.29, 1.82) is 0 Å². The lowest BCUT2D eigenvalue weighted by Gasteiger charge is -2.43. The van der Waals surface area contributed by atoms with Crippen molar-refractivity contribution in [2.75, 3.05) is 0 Å². The van der Waals surface area contributed by atoms with E-state index in [2.05, 4.69) is 55.8 Å². The number of piperidine rings is 1. The molecule has 1 aromatic carbocycles. The monoisotopic (exact) mass is 285 g/mol. The summed E-state index contributed by atoms with van der Waals surface area (Å²) in [6, 6.07) is 8.16. The molecule has 1 aliphatic rings. The predicted octanol–water partition coefficient (Wildman–Crippen LogP) is 4.59. The minimum Gasteiger partial charge on any atom is -0.341 e. The summed E-state index contributed by atoms with van der Waals surface area (Å²) in [5.74, 6) is 1.14. The maximum Gasteiger partial charge on any atom is 0.124 e. The Hall–Kier alpha value is -1.35. The lowest BCUT2D eigenvalue weighted by molar-refractivity contribution is 0.0487. The molecule has 1 aromatic heterocycles. The van der Waals surface area contributed by atoms with Gasteiger partial charge in [-0.25, -0.2) is 4.98 Å². The normalized spacial score (nSPS) is 25.3. The first-order chi connectivity index (χ1) is 10.1. The molecule has 1 saturated heterocycles. The van der Waals surface area contributed by atoms with Crippen LogP contribution >= 0.6 is 0 Å². The first-order valence-corrected chi connectivity index (χ1v) is 8.34. The Balaban J connectivity index is 1.97. The molecule has 0 spiro atoms. The predicted molar refractivity (Wildman–Crippen MR) is 88.5 cm³/mol. The SMILES string of the molecule is CCC(c1nc2ccc(C)cc2[nH]1)N1C(C)CCCC1C. The fourth-order valence-electron chi connectivity index (χ4n) is 3.90. The number of aromatic nitrogens is 2. The van der Waals surface area contributed by atoms with Gasteiger partial charge >= 0.3 is 0 Å². The number of H-pyrrole nitrogens is 1. The van der Waals surface area contributed by atoms with Gasteiger partial charge in [-0.05, 0) is 57.7 Å². The van der Waals surface area contributed by atoms with Gasteiger partial charge in [0.15, 0.2) is 0 Å². The molecule has 1 fully saturated rings. The number of likely N-dealkylation sites (tertiary alicyclic amines) is 1. The van der Waals surface area contributed by atoms with Crippen LogP contribution in [0.2, 0.25) is 0 Å². The van der Waals surface area contributed by atoms with Gasteiger partial charge in [0.05, 0.1) is 17.1 Å². The summed E-state index contributed by atoms with van der Waals surface area (Å²) < 4.78 is 0. The van der Waals surface area contributed by atoms with E-state index in [-0.39, 0.29) is 0 Å². The zero-order valence-corrected chi connectivity index (χ0v) is 13.7. The van der Waals surface area contributed by atoms with Crippen molar-refractivity contribution >= 4 is 11.0 Å². The molecule has 0 radical (unpaired) electrons. The van der Waals surface area contributed by atoms with E-state index in [1.54, 1.807) is 0 Å². The molecule has 0 amide bonds. The van der Waals surface area contributed by atoms with Crippen LogP contribution in [-0.4, -0.2) is 27.0 Å². The van der Waals surface area contributed by atoms with Crippen molar-refractivity contribution in [2.24, 2.45) is 0 Å². The van der Waals surface area contributed by atoms with Crippen LogP contribution in [0.1, 0.15) is 63.9 Å². The second-order valence-electron chi connectivity index (χ2n) is 6.64. The number of benzene rings is 1. The van der Waals surface area contributed by atoms with Crippen molar-refractivity contribution in [3.63, 3.8) is 0 Å². The van der Waals surface area contributed by atoms with E-state index >= 15 is 0 Å². The maximum atomic E-state index is 4.87. The Morgan fingerprint density at radius 3 is 2.67 bits per heavy atom. The van der Waals surface area contributed by atoms with Gasteiger partial charge in [-0.15, -0.1) is 0 Å². The molecule has 2 heterocycles. The largest absolute Gasteiger partial charge is 0.341 e. The van der Waals surface area contributed by atoms with Gasteiger partial charge in [-0.2, -0.15) is 0 Å². The summed E-state index contributed by atoms with van der Waals surface area (Å²) in [6.45, 7) is 9.14. The molecule has 3 nitrogen and oxygen atoms in total. The molecule has 0 saturated carbocycles. The molecule has 0 aliphatic carbocycles. The highest BCUT2D eigenvalue weighted by molar-refractivity contribution is 5.75. The van der Waals surface area contributed by atoms with Gasteiger partial charge in [0.2, 0.25) is 0 Å². The first-order valence-electron chi connectivity index (χ1n) is 8.34. The number of nitrogens with one attached hydrogen (secondary N) is 1. The van der Waals surface area contributed by atoms with Gasteiger partial charge in [0, 0.05) is 12.1 Å². The van der Waals surface area contributed by atoms with Gasteiger partial charge in [-0.1, -0.05) is 19.4 Å². The van der Waals surface area contributed by atoms with E-state index in [0.717, 1.165) is 17.8 Å². The molecule has 3 unspecified atom stereocenters. The first kappa shape index (κ1) is 14.6. The van der Waals surface area contributed by atoms with Crippen LogP contribution in [0.3, 0.4) is 0 Å². The molecule has 3 rings (SSSR count). The van der Waals surface area contributed by atoms with E-state index in [0.29, 0.717) is 18.1 Å². The number of aryl methyl sites for hydroxylation is 1. The van der Waals surface area contributed by atoms with Crippen LogP contribution in [-0.2, 0) is 0 Å². The number of fused-ring (bicyclic) bond motifs is 1. The number of imidazole rings is 1. The van der Waals surface area contributed by atoms with Gasteiger partial charge in [0.1, 0.15) is 5.82 Å². The highest BCUT2D eigenvalue weighted by atomic mass is 15.2. The van der Waals surface area contributed by atoms with Crippen LogP contribution in [0.15, 0.2) is 18.2 Å². The molecule has 114 valence electrons. The summed E-state index contributed by atoms with van der Waals surface area (Å²) in [5, 5.41) is 0. The molecule has 21 heavy (non-hydrogen) atoms. The highest BCUT2D eigenvalue weighted by Gasteiger charge is 2.32. The van der Waals surface area contributed by atoms with E-state index in [1.165, 1.54) is 30.3 Å². The van der Waals surface area contributed by atoms with E-state index < -0.39 is 0 Å². The summed E-state index contributed by atoms with van der Waals surface area (Å²) in [4.78, 5) is 11.1. The van der Waals surface area contributed by atoms with Crippen LogP contribution in [0.5, 0.6) is 0 Å². The summed E-state index contributed by atoms with van der Waals surface area (Å²) in [6.07, 6.45) is 5.07. The topological polar surface area (TPSA) is 31.9 Å². The van der Waals surface area contributed by atoms with E-state index in [9.17, 15) is 0 Å². The minimum atomic E-state index is 0.406. The Labute approximate surface area is 127 Å².